The number of hydrazine groups is 1. The van der Waals surface area contributed by atoms with E-state index in [1.807, 2.05) is 11.7 Å². The summed E-state index contributed by atoms with van der Waals surface area (Å²) in [6.07, 6.45) is 8.62. The van der Waals surface area contributed by atoms with Crippen molar-refractivity contribution in [2.45, 2.75) is 38.1 Å². The van der Waals surface area contributed by atoms with Crippen LogP contribution in [0, 0.1) is 5.92 Å². The van der Waals surface area contributed by atoms with Crippen molar-refractivity contribution in [3.8, 4) is 0 Å². The first kappa shape index (κ1) is 10.1. The average molecular weight is 211 g/mol. The quantitative estimate of drug-likeness (QED) is 0.593. The first-order valence-electron chi connectivity index (χ1n) is 5.24. The lowest BCUT2D eigenvalue weighted by atomic mass is 9.98. The fourth-order valence-corrected chi connectivity index (χ4v) is 2.94. The van der Waals surface area contributed by atoms with Gasteiger partial charge in [0.2, 0.25) is 0 Å². The highest BCUT2D eigenvalue weighted by atomic mass is 32.1. The van der Waals surface area contributed by atoms with E-state index in [2.05, 4.69) is 10.4 Å². The summed E-state index contributed by atoms with van der Waals surface area (Å²) in [5.74, 6) is 6.43. The van der Waals surface area contributed by atoms with Gasteiger partial charge >= 0.3 is 0 Å². The molecule has 1 aliphatic rings. The molecule has 0 aromatic carbocycles. The lowest BCUT2D eigenvalue weighted by Gasteiger charge is -2.17. The van der Waals surface area contributed by atoms with Gasteiger partial charge in [-0.05, 0) is 12.3 Å². The molecule has 4 heteroatoms. The van der Waals surface area contributed by atoms with E-state index in [4.69, 9.17) is 5.84 Å². The third-order valence-corrected chi connectivity index (χ3v) is 3.93. The maximum atomic E-state index is 5.57. The molecule has 1 atom stereocenters. The van der Waals surface area contributed by atoms with Crippen LogP contribution < -0.4 is 11.3 Å². The van der Waals surface area contributed by atoms with Crippen molar-refractivity contribution in [3.63, 3.8) is 0 Å². The summed E-state index contributed by atoms with van der Waals surface area (Å²) in [7, 11) is 0. The second kappa shape index (κ2) is 4.87. The second-order valence-corrected chi connectivity index (χ2v) is 4.93. The molecule has 0 radical (unpaired) electrons. The fourth-order valence-electron chi connectivity index (χ4n) is 2.24. The summed E-state index contributed by atoms with van der Waals surface area (Å²) < 4.78 is 0. The molecule has 0 saturated heterocycles. The van der Waals surface area contributed by atoms with E-state index in [0.717, 1.165) is 5.92 Å². The Morgan fingerprint density at radius 3 is 2.93 bits per heavy atom. The van der Waals surface area contributed by atoms with Crippen LogP contribution in [0.1, 0.15) is 43.0 Å². The van der Waals surface area contributed by atoms with Crippen LogP contribution in [0.15, 0.2) is 11.7 Å². The molecule has 1 aliphatic carbocycles. The molecule has 1 heterocycles. The van der Waals surface area contributed by atoms with Crippen LogP contribution >= 0.6 is 11.3 Å². The zero-order valence-electron chi connectivity index (χ0n) is 8.28. The minimum atomic E-state index is 0.311. The van der Waals surface area contributed by atoms with Crippen molar-refractivity contribution in [2.75, 3.05) is 0 Å². The number of nitrogens with two attached hydrogens (primary N) is 1. The highest BCUT2D eigenvalue weighted by Crippen LogP contribution is 2.33. The van der Waals surface area contributed by atoms with Crippen LogP contribution in [-0.2, 0) is 0 Å². The van der Waals surface area contributed by atoms with Crippen molar-refractivity contribution >= 4 is 11.3 Å². The minimum Gasteiger partial charge on any atom is -0.271 e. The minimum absolute atomic E-state index is 0.311. The number of nitrogens with one attached hydrogen (secondary N) is 1. The first-order valence-corrected chi connectivity index (χ1v) is 6.12. The summed E-state index contributed by atoms with van der Waals surface area (Å²) in [5.41, 5.74) is 4.77. The summed E-state index contributed by atoms with van der Waals surface area (Å²) in [5, 5.41) is 0. The van der Waals surface area contributed by atoms with Crippen molar-refractivity contribution < 1.29 is 0 Å². The summed E-state index contributed by atoms with van der Waals surface area (Å²) in [4.78, 5) is 5.35. The maximum Gasteiger partial charge on any atom is 0.0794 e. The van der Waals surface area contributed by atoms with Gasteiger partial charge in [-0.3, -0.25) is 16.3 Å². The van der Waals surface area contributed by atoms with E-state index in [1.54, 1.807) is 11.3 Å². The third-order valence-electron chi connectivity index (χ3n) is 3.04. The van der Waals surface area contributed by atoms with Crippen LogP contribution in [-0.4, -0.2) is 4.98 Å². The summed E-state index contributed by atoms with van der Waals surface area (Å²) in [6, 6.07) is 0.311. The predicted octanol–water partition coefficient (Wildman–Crippen LogP) is 2.23. The Labute approximate surface area is 88.7 Å². The molecule has 3 N–H and O–H groups in total. The average Bonchev–Trinajstić information content (AvgIpc) is 2.86. The van der Waals surface area contributed by atoms with Crippen molar-refractivity contribution in [2.24, 2.45) is 11.8 Å². The lowest BCUT2D eigenvalue weighted by molar-refractivity contribution is 0.404. The molecule has 0 bridgehead atoms. The molecule has 14 heavy (non-hydrogen) atoms. The Hall–Kier alpha value is -0.450. The molecule has 0 amide bonds. The number of hydrogen-bond acceptors (Lipinski definition) is 4. The number of thiazole rings is 1. The highest BCUT2D eigenvalue weighted by Gasteiger charge is 2.21. The van der Waals surface area contributed by atoms with Crippen LogP contribution in [0.2, 0.25) is 0 Å². The van der Waals surface area contributed by atoms with E-state index in [9.17, 15) is 0 Å². The molecule has 1 unspecified atom stereocenters. The van der Waals surface area contributed by atoms with Gasteiger partial charge in [-0.15, -0.1) is 11.3 Å². The van der Waals surface area contributed by atoms with Crippen LogP contribution in [0.25, 0.3) is 0 Å². The molecule has 1 aromatic heterocycles. The van der Waals surface area contributed by atoms with E-state index in [1.165, 1.54) is 37.0 Å². The van der Waals surface area contributed by atoms with E-state index in [0.29, 0.717) is 6.04 Å². The molecule has 0 aliphatic heterocycles. The molecule has 78 valence electrons. The van der Waals surface area contributed by atoms with Crippen molar-refractivity contribution in [3.05, 3.63) is 16.6 Å². The molecule has 2 rings (SSSR count). The Balaban J connectivity index is 1.93. The lowest BCUT2D eigenvalue weighted by Crippen LogP contribution is -2.28. The third kappa shape index (κ3) is 2.32. The zero-order valence-corrected chi connectivity index (χ0v) is 9.09. The van der Waals surface area contributed by atoms with Crippen LogP contribution in [0.5, 0.6) is 0 Å². The SMILES string of the molecule is NNC(CC1CCCC1)c1cncs1. The molecule has 3 nitrogen and oxygen atoms in total. The summed E-state index contributed by atoms with van der Waals surface area (Å²) >= 11 is 1.69. The molecular weight excluding hydrogens is 194 g/mol. The van der Waals surface area contributed by atoms with Gasteiger partial charge in [0, 0.05) is 11.1 Å². The number of nitrogens with zero attached hydrogens (tertiary/aromatic N) is 1. The van der Waals surface area contributed by atoms with Gasteiger partial charge in [-0.1, -0.05) is 25.7 Å². The van der Waals surface area contributed by atoms with Gasteiger partial charge in [0.05, 0.1) is 11.6 Å². The molecular formula is C10H17N3S. The van der Waals surface area contributed by atoms with Crippen molar-refractivity contribution in [1.29, 1.82) is 0 Å². The normalized spacial score (nSPS) is 20.1. The maximum absolute atomic E-state index is 5.57. The molecule has 1 saturated carbocycles. The van der Waals surface area contributed by atoms with Gasteiger partial charge < -0.3 is 0 Å². The Bertz CT molecular complexity index is 254. The Kier molecular flexibility index (Phi) is 3.50. The monoisotopic (exact) mass is 211 g/mol. The number of hydrogen-bond donors (Lipinski definition) is 2. The fraction of sp³-hybridized carbons (Fsp3) is 0.700. The second-order valence-electron chi connectivity index (χ2n) is 4.01. The topological polar surface area (TPSA) is 50.9 Å². The standard InChI is InChI=1S/C10H17N3S/c11-13-9(10-6-12-7-14-10)5-8-3-1-2-4-8/h6-9,13H,1-5,11H2. The Morgan fingerprint density at radius 1 is 1.57 bits per heavy atom. The van der Waals surface area contributed by atoms with Crippen LogP contribution in [0.3, 0.4) is 0 Å². The molecule has 0 spiro atoms. The largest absolute Gasteiger partial charge is 0.271 e. The highest BCUT2D eigenvalue weighted by molar-refractivity contribution is 7.09. The van der Waals surface area contributed by atoms with Crippen molar-refractivity contribution in [1.82, 2.24) is 10.4 Å². The molecule has 1 fully saturated rings. The van der Waals surface area contributed by atoms with E-state index >= 15 is 0 Å². The Morgan fingerprint density at radius 2 is 2.36 bits per heavy atom. The van der Waals surface area contributed by atoms with Crippen LogP contribution in [0.4, 0.5) is 0 Å². The summed E-state index contributed by atoms with van der Waals surface area (Å²) in [6.45, 7) is 0. The molecule has 1 aromatic rings. The smallest absolute Gasteiger partial charge is 0.0794 e. The van der Waals surface area contributed by atoms with Gasteiger partial charge in [-0.25, -0.2) is 0 Å². The number of aromatic nitrogens is 1. The van der Waals surface area contributed by atoms with Gasteiger partial charge in [-0.2, -0.15) is 0 Å². The van der Waals surface area contributed by atoms with Gasteiger partial charge in [0.15, 0.2) is 0 Å². The predicted molar refractivity (Wildman–Crippen MR) is 58.8 cm³/mol. The van der Waals surface area contributed by atoms with Gasteiger partial charge in [0.1, 0.15) is 0 Å². The zero-order chi connectivity index (χ0) is 9.80. The van der Waals surface area contributed by atoms with Gasteiger partial charge in [0.25, 0.3) is 0 Å². The van der Waals surface area contributed by atoms with E-state index < -0.39 is 0 Å². The first-order chi connectivity index (χ1) is 6.90. The van der Waals surface area contributed by atoms with E-state index in [-0.39, 0.29) is 0 Å². The number of rotatable bonds is 4.